The first kappa shape index (κ1) is 17.2. The molecule has 1 aromatic heterocycles. The largest absolute Gasteiger partial charge is 0.393 e. The van der Waals surface area contributed by atoms with Crippen molar-refractivity contribution in [2.75, 3.05) is 13.1 Å². The Labute approximate surface area is 153 Å². The monoisotopic (exact) mass is 355 g/mol. The average Bonchev–Trinajstić information content (AvgIpc) is 3.08. The molecule has 2 atom stereocenters. The minimum atomic E-state index is -0.367. The highest BCUT2D eigenvalue weighted by atomic mass is 16.5. The lowest BCUT2D eigenvalue weighted by molar-refractivity contribution is -0.181. The van der Waals surface area contributed by atoms with E-state index in [0.717, 1.165) is 18.4 Å². The van der Waals surface area contributed by atoms with Crippen LogP contribution >= 0.6 is 0 Å². The Balaban J connectivity index is 1.45. The molecule has 2 saturated heterocycles. The number of aliphatic hydroxyl groups excluding tert-OH is 1. The molecule has 26 heavy (non-hydrogen) atoms. The Hall–Kier alpha value is -2.18. The van der Waals surface area contributed by atoms with Crippen molar-refractivity contribution in [2.24, 2.45) is 7.05 Å². The van der Waals surface area contributed by atoms with Crippen LogP contribution < -0.4 is 0 Å². The number of hydrogen-bond acceptors (Lipinski definition) is 4. The van der Waals surface area contributed by atoms with Gasteiger partial charge in [-0.05, 0) is 18.4 Å². The lowest BCUT2D eigenvalue weighted by Crippen LogP contribution is -2.52. The van der Waals surface area contributed by atoms with Gasteiger partial charge in [0.1, 0.15) is 5.69 Å². The number of aromatic nitrogens is 2. The molecule has 0 saturated carbocycles. The number of piperidine rings is 1. The summed E-state index contributed by atoms with van der Waals surface area (Å²) in [4.78, 5) is 18.6. The highest BCUT2D eigenvalue weighted by molar-refractivity contribution is 5.92. The lowest BCUT2D eigenvalue weighted by Gasteiger charge is -2.48. The van der Waals surface area contributed by atoms with Crippen molar-refractivity contribution in [3.05, 3.63) is 54.1 Å². The minimum Gasteiger partial charge on any atom is -0.393 e. The molecule has 1 N–H and O–H groups in total. The molecule has 2 aliphatic rings. The van der Waals surface area contributed by atoms with Crippen LogP contribution in [0.2, 0.25) is 0 Å². The van der Waals surface area contributed by atoms with Gasteiger partial charge < -0.3 is 19.3 Å². The van der Waals surface area contributed by atoms with E-state index in [4.69, 9.17) is 4.74 Å². The number of likely N-dealkylation sites (tertiary alicyclic amines) is 1. The molecule has 138 valence electrons. The third-order valence-electron chi connectivity index (χ3n) is 5.66. The van der Waals surface area contributed by atoms with Crippen LogP contribution in [0, 0.1) is 0 Å². The van der Waals surface area contributed by atoms with Crippen LogP contribution in [0.5, 0.6) is 0 Å². The number of nitrogens with zero attached hydrogens (tertiary/aromatic N) is 3. The van der Waals surface area contributed by atoms with Gasteiger partial charge in [-0.25, -0.2) is 4.98 Å². The van der Waals surface area contributed by atoms with Crippen LogP contribution in [-0.2, 0) is 11.8 Å². The molecule has 0 radical (unpaired) electrons. The molecule has 4 rings (SSSR count). The van der Waals surface area contributed by atoms with Gasteiger partial charge in [0.15, 0.2) is 0 Å². The van der Waals surface area contributed by atoms with Gasteiger partial charge >= 0.3 is 0 Å². The number of carbonyl (C=O) groups is 1. The predicted molar refractivity (Wildman–Crippen MR) is 96.6 cm³/mol. The third-order valence-corrected chi connectivity index (χ3v) is 5.66. The van der Waals surface area contributed by atoms with Crippen molar-refractivity contribution in [1.82, 2.24) is 14.5 Å². The maximum atomic E-state index is 12.7. The zero-order valence-corrected chi connectivity index (χ0v) is 15.0. The van der Waals surface area contributed by atoms with Crippen LogP contribution in [0.25, 0.3) is 0 Å². The molecule has 2 fully saturated rings. The van der Waals surface area contributed by atoms with Crippen molar-refractivity contribution in [2.45, 2.75) is 43.5 Å². The Morgan fingerprint density at radius 2 is 2.00 bits per heavy atom. The Kier molecular flexibility index (Phi) is 4.54. The van der Waals surface area contributed by atoms with Gasteiger partial charge in [0.2, 0.25) is 0 Å². The normalized spacial score (nSPS) is 25.4. The van der Waals surface area contributed by atoms with Gasteiger partial charge in [-0.1, -0.05) is 30.3 Å². The molecular weight excluding hydrogens is 330 g/mol. The zero-order chi connectivity index (χ0) is 18.1. The number of carbonyl (C=O) groups excluding carboxylic acids is 1. The van der Waals surface area contributed by atoms with Crippen LogP contribution in [0.4, 0.5) is 0 Å². The molecule has 0 aliphatic carbocycles. The number of imidazole rings is 1. The summed E-state index contributed by atoms with van der Waals surface area (Å²) in [7, 11) is 1.83. The molecule has 1 amide bonds. The number of amides is 1. The second kappa shape index (κ2) is 6.85. The van der Waals surface area contributed by atoms with Crippen molar-refractivity contribution in [1.29, 1.82) is 0 Å². The van der Waals surface area contributed by atoms with Crippen LogP contribution in [0.15, 0.2) is 42.9 Å². The van der Waals surface area contributed by atoms with E-state index in [1.807, 2.05) is 30.1 Å². The van der Waals surface area contributed by atoms with Crippen molar-refractivity contribution >= 4 is 5.91 Å². The molecule has 6 heteroatoms. The van der Waals surface area contributed by atoms with Crippen molar-refractivity contribution < 1.29 is 14.6 Å². The minimum absolute atomic E-state index is 0.0100. The van der Waals surface area contributed by atoms with Crippen LogP contribution in [0.1, 0.15) is 47.8 Å². The van der Waals surface area contributed by atoms with Gasteiger partial charge in [0.05, 0.1) is 30.3 Å². The number of benzene rings is 1. The molecular formula is C20H25N3O3. The summed E-state index contributed by atoms with van der Waals surface area (Å²) >= 11 is 0. The second-order valence-electron chi connectivity index (χ2n) is 7.48. The summed E-state index contributed by atoms with van der Waals surface area (Å²) in [5, 5.41) is 10.4. The summed E-state index contributed by atoms with van der Waals surface area (Å²) < 4.78 is 8.25. The van der Waals surface area contributed by atoms with E-state index in [9.17, 15) is 9.90 Å². The van der Waals surface area contributed by atoms with Gasteiger partial charge in [-0.15, -0.1) is 0 Å². The standard InChI is InChI=1S/C20H25N3O3/c1-22-14-21-13-17(22)19(25)23-9-7-20(8-10-23)12-16(24)11-18(26-20)15-5-3-2-4-6-15/h2-6,13-14,16,18,24H,7-12H2,1H3/t16-,18+/m0/s1. The zero-order valence-electron chi connectivity index (χ0n) is 15.0. The smallest absolute Gasteiger partial charge is 0.272 e. The fourth-order valence-electron chi connectivity index (χ4n) is 4.19. The molecule has 1 aromatic carbocycles. The van der Waals surface area contributed by atoms with E-state index >= 15 is 0 Å². The Morgan fingerprint density at radius 3 is 2.65 bits per heavy atom. The molecule has 1 spiro atoms. The highest BCUT2D eigenvalue weighted by Gasteiger charge is 2.44. The highest BCUT2D eigenvalue weighted by Crippen LogP contribution is 2.43. The van der Waals surface area contributed by atoms with Gasteiger partial charge in [-0.3, -0.25) is 4.79 Å². The number of aryl methyl sites for hydroxylation is 1. The average molecular weight is 355 g/mol. The van der Waals surface area contributed by atoms with E-state index in [0.29, 0.717) is 31.6 Å². The number of aliphatic hydroxyl groups is 1. The summed E-state index contributed by atoms with van der Waals surface area (Å²) in [5.74, 6) is 0.0100. The van der Waals surface area contributed by atoms with E-state index in [1.165, 1.54) is 0 Å². The topological polar surface area (TPSA) is 67.6 Å². The second-order valence-corrected chi connectivity index (χ2v) is 7.48. The number of rotatable bonds is 2. The van der Waals surface area contributed by atoms with Crippen molar-refractivity contribution in [3.8, 4) is 0 Å². The first-order valence-corrected chi connectivity index (χ1v) is 9.23. The summed E-state index contributed by atoms with van der Waals surface area (Å²) in [6, 6.07) is 10.1. The maximum Gasteiger partial charge on any atom is 0.272 e. The molecule has 0 unspecified atom stereocenters. The van der Waals surface area contributed by atoms with E-state index in [1.54, 1.807) is 17.1 Å². The first-order chi connectivity index (χ1) is 12.6. The Bertz CT molecular complexity index is 766. The number of ether oxygens (including phenoxy) is 1. The van der Waals surface area contributed by atoms with E-state index in [-0.39, 0.29) is 23.7 Å². The summed E-state index contributed by atoms with van der Waals surface area (Å²) in [5.41, 5.74) is 1.37. The number of hydrogen-bond donors (Lipinski definition) is 1. The Morgan fingerprint density at radius 1 is 1.27 bits per heavy atom. The molecule has 6 nitrogen and oxygen atoms in total. The molecule has 2 aliphatic heterocycles. The first-order valence-electron chi connectivity index (χ1n) is 9.23. The van der Waals surface area contributed by atoms with Gasteiger partial charge in [0.25, 0.3) is 5.91 Å². The van der Waals surface area contributed by atoms with E-state index < -0.39 is 0 Å². The van der Waals surface area contributed by atoms with E-state index in [2.05, 4.69) is 17.1 Å². The third kappa shape index (κ3) is 3.27. The van der Waals surface area contributed by atoms with Crippen molar-refractivity contribution in [3.63, 3.8) is 0 Å². The summed E-state index contributed by atoms with van der Waals surface area (Å²) in [6.07, 6.45) is 5.57. The predicted octanol–water partition coefficient (Wildman–Crippen LogP) is 2.31. The quantitative estimate of drug-likeness (QED) is 0.898. The fourth-order valence-corrected chi connectivity index (χ4v) is 4.19. The molecule has 3 heterocycles. The lowest BCUT2D eigenvalue weighted by atomic mass is 9.81. The molecule has 2 aromatic rings. The van der Waals surface area contributed by atoms with Crippen LogP contribution in [-0.4, -0.2) is 50.3 Å². The fraction of sp³-hybridized carbons (Fsp3) is 0.500. The van der Waals surface area contributed by atoms with Gasteiger partial charge in [-0.2, -0.15) is 0 Å². The maximum absolute atomic E-state index is 12.7. The SMILES string of the molecule is Cn1cncc1C(=O)N1CCC2(CC1)C[C@@H](O)C[C@H](c1ccccc1)O2. The summed E-state index contributed by atoms with van der Waals surface area (Å²) in [6.45, 7) is 1.27. The van der Waals surface area contributed by atoms with Gasteiger partial charge in [0, 0.05) is 33.0 Å². The molecule has 0 bridgehead atoms. The van der Waals surface area contributed by atoms with Crippen LogP contribution in [0.3, 0.4) is 0 Å².